The van der Waals surface area contributed by atoms with Gasteiger partial charge < -0.3 is 15.5 Å². The molecule has 2 rings (SSSR count). The number of phenolic OH excluding ortho intramolecular Hbond substituents is 1. The Hall–Kier alpha value is -3.03. The topological polar surface area (TPSA) is 114 Å². The molecule has 0 aliphatic heterocycles. The van der Waals surface area contributed by atoms with Crippen LogP contribution < -0.4 is 16.6 Å². The summed E-state index contributed by atoms with van der Waals surface area (Å²) in [5, 5.41) is 21.4. The quantitative estimate of drug-likeness (QED) is 0.660. The van der Waals surface area contributed by atoms with Crippen LogP contribution in [0.5, 0.6) is 11.6 Å². The number of nitrogens with one attached hydrogen (secondary N) is 1. The summed E-state index contributed by atoms with van der Waals surface area (Å²) in [5.41, 5.74) is -1.84. The van der Waals surface area contributed by atoms with E-state index in [-0.39, 0.29) is 5.75 Å². The molecule has 3 N–H and O–H groups in total. The zero-order valence-corrected chi connectivity index (χ0v) is 11.3. The molecule has 0 radical (unpaired) electrons. The Labute approximate surface area is 118 Å². The maximum absolute atomic E-state index is 12.1. The summed E-state index contributed by atoms with van der Waals surface area (Å²) in [4.78, 5) is 35.6. The van der Waals surface area contributed by atoms with Crippen LogP contribution in [0.1, 0.15) is 10.4 Å². The average molecular weight is 291 g/mol. The van der Waals surface area contributed by atoms with Gasteiger partial charge in [-0.25, -0.2) is 4.79 Å². The number of aromatic nitrogens is 2. The predicted octanol–water partition coefficient (Wildman–Crippen LogP) is -0.253. The number of anilines is 1. The van der Waals surface area contributed by atoms with Gasteiger partial charge in [-0.05, 0) is 24.3 Å². The molecule has 0 saturated carbocycles. The molecule has 0 fully saturated rings. The fourth-order valence-electron chi connectivity index (χ4n) is 1.77. The van der Waals surface area contributed by atoms with E-state index in [4.69, 9.17) is 5.11 Å². The van der Waals surface area contributed by atoms with Crippen LogP contribution in [0.3, 0.4) is 0 Å². The molecule has 8 nitrogen and oxygen atoms in total. The van der Waals surface area contributed by atoms with E-state index in [1.807, 2.05) is 0 Å². The molecule has 1 aromatic carbocycles. The molecule has 0 aliphatic rings. The highest BCUT2D eigenvalue weighted by atomic mass is 16.3. The van der Waals surface area contributed by atoms with Crippen molar-refractivity contribution in [2.75, 3.05) is 5.32 Å². The van der Waals surface area contributed by atoms with E-state index < -0.39 is 28.6 Å². The van der Waals surface area contributed by atoms with Gasteiger partial charge in [0.05, 0.1) is 0 Å². The first-order valence-corrected chi connectivity index (χ1v) is 5.92. The van der Waals surface area contributed by atoms with E-state index in [1.165, 1.54) is 38.4 Å². The summed E-state index contributed by atoms with van der Waals surface area (Å²) in [6.07, 6.45) is 0. The average Bonchev–Trinajstić information content (AvgIpc) is 2.46. The number of phenols is 1. The Morgan fingerprint density at radius 1 is 1.05 bits per heavy atom. The van der Waals surface area contributed by atoms with E-state index in [2.05, 4.69) is 5.32 Å². The molecule has 0 aliphatic carbocycles. The number of nitrogens with zero attached hydrogens (tertiary/aromatic N) is 2. The van der Waals surface area contributed by atoms with E-state index >= 15 is 0 Å². The first kappa shape index (κ1) is 14.4. The molecule has 8 heteroatoms. The number of carbonyl (C=O) groups excluding carboxylic acids is 1. The van der Waals surface area contributed by atoms with Crippen molar-refractivity contribution in [3.63, 3.8) is 0 Å². The van der Waals surface area contributed by atoms with E-state index in [0.717, 1.165) is 9.13 Å². The van der Waals surface area contributed by atoms with Gasteiger partial charge in [0.15, 0.2) is 5.56 Å². The first-order chi connectivity index (χ1) is 9.82. The molecular weight excluding hydrogens is 278 g/mol. The Balaban J connectivity index is 2.47. The molecule has 21 heavy (non-hydrogen) atoms. The standard InChI is InChI=1S/C13H13N3O5/c1-15-11(19)9(12(20)16(2)13(15)21)10(18)14-7-3-5-8(17)6-4-7/h3-6,17,19H,1-2H3,(H,14,18). The number of benzene rings is 1. The molecule has 0 unspecified atom stereocenters. The molecule has 1 aromatic heterocycles. The van der Waals surface area contributed by atoms with Crippen molar-refractivity contribution in [2.45, 2.75) is 0 Å². The second kappa shape index (κ2) is 5.16. The van der Waals surface area contributed by atoms with Crippen molar-refractivity contribution in [3.8, 4) is 11.6 Å². The number of hydrogen-bond donors (Lipinski definition) is 3. The lowest BCUT2D eigenvalue weighted by Crippen LogP contribution is -2.40. The van der Waals surface area contributed by atoms with Crippen LogP contribution in [0.2, 0.25) is 0 Å². The normalized spacial score (nSPS) is 10.4. The third-order valence-corrected chi connectivity index (χ3v) is 2.99. The molecule has 1 heterocycles. The Morgan fingerprint density at radius 3 is 2.19 bits per heavy atom. The smallest absolute Gasteiger partial charge is 0.333 e. The van der Waals surface area contributed by atoms with Crippen molar-refractivity contribution >= 4 is 11.6 Å². The van der Waals surface area contributed by atoms with Crippen molar-refractivity contribution in [1.29, 1.82) is 0 Å². The Kier molecular flexibility index (Phi) is 3.53. The lowest BCUT2D eigenvalue weighted by molar-refractivity contribution is 0.102. The zero-order valence-electron chi connectivity index (χ0n) is 11.3. The second-order valence-electron chi connectivity index (χ2n) is 4.41. The minimum Gasteiger partial charge on any atom is -0.508 e. The lowest BCUT2D eigenvalue weighted by atomic mass is 10.2. The molecule has 0 bridgehead atoms. The second-order valence-corrected chi connectivity index (χ2v) is 4.41. The van der Waals surface area contributed by atoms with Gasteiger partial charge in [-0.1, -0.05) is 0 Å². The largest absolute Gasteiger partial charge is 0.508 e. The summed E-state index contributed by atoms with van der Waals surface area (Å²) in [6.45, 7) is 0. The molecular formula is C13H13N3O5. The number of carbonyl (C=O) groups is 1. The number of rotatable bonds is 2. The minimum absolute atomic E-state index is 0.0221. The third kappa shape index (κ3) is 2.50. The fraction of sp³-hybridized carbons (Fsp3) is 0.154. The van der Waals surface area contributed by atoms with Gasteiger partial charge in [0.25, 0.3) is 11.5 Å². The summed E-state index contributed by atoms with van der Waals surface area (Å²) in [5.74, 6) is -1.54. The van der Waals surface area contributed by atoms with Crippen molar-refractivity contribution in [3.05, 3.63) is 50.7 Å². The monoisotopic (exact) mass is 291 g/mol. The highest BCUT2D eigenvalue weighted by molar-refractivity contribution is 6.05. The number of hydrogen-bond acceptors (Lipinski definition) is 5. The van der Waals surface area contributed by atoms with Crippen LogP contribution >= 0.6 is 0 Å². The van der Waals surface area contributed by atoms with E-state index in [1.54, 1.807) is 0 Å². The molecule has 2 aromatic rings. The summed E-state index contributed by atoms with van der Waals surface area (Å²) in [6, 6.07) is 5.57. The van der Waals surface area contributed by atoms with Crippen molar-refractivity contribution in [1.82, 2.24) is 9.13 Å². The summed E-state index contributed by atoms with van der Waals surface area (Å²) in [7, 11) is 2.45. The molecule has 0 spiro atoms. The maximum atomic E-state index is 12.1. The third-order valence-electron chi connectivity index (χ3n) is 2.99. The van der Waals surface area contributed by atoms with Gasteiger partial charge in [-0.3, -0.25) is 18.7 Å². The zero-order chi connectivity index (χ0) is 15.7. The lowest BCUT2D eigenvalue weighted by Gasteiger charge is -2.10. The highest BCUT2D eigenvalue weighted by Crippen LogP contribution is 2.16. The number of amides is 1. The highest BCUT2D eigenvalue weighted by Gasteiger charge is 2.21. The van der Waals surface area contributed by atoms with Gasteiger partial charge in [0.1, 0.15) is 5.75 Å². The molecule has 110 valence electrons. The van der Waals surface area contributed by atoms with Crippen LogP contribution in [-0.4, -0.2) is 25.3 Å². The maximum Gasteiger partial charge on any atom is 0.333 e. The van der Waals surface area contributed by atoms with Crippen molar-refractivity contribution < 1.29 is 15.0 Å². The van der Waals surface area contributed by atoms with E-state index in [9.17, 15) is 19.5 Å². The predicted molar refractivity (Wildman–Crippen MR) is 74.6 cm³/mol. The van der Waals surface area contributed by atoms with Gasteiger partial charge in [0.2, 0.25) is 5.88 Å². The first-order valence-electron chi connectivity index (χ1n) is 5.92. The summed E-state index contributed by atoms with van der Waals surface area (Å²) < 4.78 is 1.53. The number of aromatic hydroxyl groups is 2. The van der Waals surface area contributed by atoms with Crippen LogP contribution in [0.25, 0.3) is 0 Å². The van der Waals surface area contributed by atoms with Gasteiger partial charge in [-0.2, -0.15) is 0 Å². The van der Waals surface area contributed by atoms with Gasteiger partial charge in [0, 0.05) is 19.8 Å². The van der Waals surface area contributed by atoms with Crippen LogP contribution in [-0.2, 0) is 14.1 Å². The van der Waals surface area contributed by atoms with Gasteiger partial charge in [-0.15, -0.1) is 0 Å². The van der Waals surface area contributed by atoms with Crippen LogP contribution in [0.4, 0.5) is 5.69 Å². The summed E-state index contributed by atoms with van der Waals surface area (Å²) >= 11 is 0. The molecule has 0 saturated heterocycles. The SMILES string of the molecule is Cn1c(O)c(C(=O)Nc2ccc(O)cc2)c(=O)n(C)c1=O. The van der Waals surface area contributed by atoms with Crippen LogP contribution in [0.15, 0.2) is 33.9 Å². The Morgan fingerprint density at radius 2 is 1.62 bits per heavy atom. The van der Waals surface area contributed by atoms with E-state index in [0.29, 0.717) is 5.69 Å². The molecule has 1 amide bonds. The minimum atomic E-state index is -0.896. The fourth-order valence-corrected chi connectivity index (χ4v) is 1.77. The van der Waals surface area contributed by atoms with Crippen LogP contribution in [0, 0.1) is 0 Å². The van der Waals surface area contributed by atoms with Gasteiger partial charge >= 0.3 is 5.69 Å². The molecule has 0 atom stereocenters. The van der Waals surface area contributed by atoms with Crippen molar-refractivity contribution in [2.24, 2.45) is 14.1 Å². The Bertz CT molecular complexity index is 817.